The van der Waals surface area contributed by atoms with Gasteiger partial charge in [-0.25, -0.2) is 9.18 Å². The number of hydrogen-bond donors (Lipinski definition) is 0. The predicted molar refractivity (Wildman–Crippen MR) is 69.4 cm³/mol. The highest BCUT2D eigenvalue weighted by atomic mass is 19.1. The van der Waals surface area contributed by atoms with Gasteiger partial charge in [-0.05, 0) is 34.6 Å². The molecule has 0 N–H and O–H groups in total. The molecule has 106 valence electrons. The fourth-order valence-corrected chi connectivity index (χ4v) is 2.03. The molecule has 1 aliphatic heterocycles. The van der Waals surface area contributed by atoms with Crippen molar-refractivity contribution in [3.8, 4) is 0 Å². The first-order valence-electron chi connectivity index (χ1n) is 6.45. The molecule has 2 atom stereocenters. The number of ether oxygens (including phenoxy) is 1. The lowest BCUT2D eigenvalue weighted by molar-refractivity contribution is 0.0177. The van der Waals surface area contributed by atoms with Gasteiger partial charge in [-0.1, -0.05) is 0 Å². The molecule has 0 spiro atoms. The zero-order valence-corrected chi connectivity index (χ0v) is 12.2. The molecule has 1 fully saturated rings. The molecule has 0 saturated carbocycles. The lowest BCUT2D eigenvalue weighted by atomic mass is 10.2. The van der Waals surface area contributed by atoms with Crippen molar-refractivity contribution in [2.45, 2.75) is 58.5 Å². The van der Waals surface area contributed by atoms with Crippen LogP contribution in [0.15, 0.2) is 0 Å². The van der Waals surface area contributed by atoms with Crippen LogP contribution in [0.2, 0.25) is 0 Å². The fourth-order valence-electron chi connectivity index (χ4n) is 2.03. The van der Waals surface area contributed by atoms with Crippen LogP contribution in [0.4, 0.5) is 9.18 Å². The number of alkyl halides is 1. The maximum Gasteiger partial charge on any atom is 0.410 e. The van der Waals surface area contributed by atoms with E-state index in [9.17, 15) is 9.18 Å². The number of nitrogens with zero attached hydrogens (tertiary/aromatic N) is 2. The molecule has 1 amide bonds. The highest BCUT2D eigenvalue weighted by Crippen LogP contribution is 2.21. The van der Waals surface area contributed by atoms with Gasteiger partial charge in [0.1, 0.15) is 11.8 Å². The molecule has 1 rings (SSSR count). The summed E-state index contributed by atoms with van der Waals surface area (Å²) in [6.07, 6.45) is -1.47. The van der Waals surface area contributed by atoms with Crippen molar-refractivity contribution in [1.82, 2.24) is 9.80 Å². The molecule has 5 heteroatoms. The van der Waals surface area contributed by atoms with E-state index in [1.165, 1.54) is 4.90 Å². The molecule has 0 aromatic rings. The predicted octanol–water partition coefficient (Wildman–Crippen LogP) is 2.28. The Morgan fingerprint density at radius 2 is 1.94 bits per heavy atom. The van der Waals surface area contributed by atoms with E-state index >= 15 is 0 Å². The van der Waals surface area contributed by atoms with Gasteiger partial charge < -0.3 is 9.64 Å². The summed E-state index contributed by atoms with van der Waals surface area (Å²) < 4.78 is 19.2. The van der Waals surface area contributed by atoms with Crippen LogP contribution in [0.3, 0.4) is 0 Å². The summed E-state index contributed by atoms with van der Waals surface area (Å²) in [5.41, 5.74) is -0.548. The van der Waals surface area contributed by atoms with Gasteiger partial charge >= 0.3 is 6.09 Å². The smallest absolute Gasteiger partial charge is 0.410 e. The quantitative estimate of drug-likeness (QED) is 0.763. The Kier molecular flexibility index (Phi) is 4.59. The molecular weight excluding hydrogens is 235 g/mol. The lowest BCUT2D eigenvalue weighted by Gasteiger charge is -2.29. The standard InChI is InChI=1S/C13H25FN2O2/c1-9(2)16-7-10(14)11(8-16)15(6)12(17)18-13(3,4)5/h9-11H,7-8H2,1-6H3. The van der Waals surface area contributed by atoms with Crippen LogP contribution < -0.4 is 0 Å². The third-order valence-corrected chi connectivity index (χ3v) is 3.16. The first-order chi connectivity index (χ1) is 8.11. The zero-order chi connectivity index (χ0) is 14.1. The summed E-state index contributed by atoms with van der Waals surface area (Å²) in [5, 5.41) is 0. The normalized spacial score (nSPS) is 25.6. The molecule has 0 radical (unpaired) electrons. The summed E-state index contributed by atoms with van der Waals surface area (Å²) in [6.45, 7) is 10.4. The first-order valence-corrected chi connectivity index (χ1v) is 6.45. The SMILES string of the molecule is CC(C)N1CC(F)C(N(C)C(=O)OC(C)(C)C)C1. The molecule has 0 aromatic heterocycles. The third kappa shape index (κ3) is 3.83. The number of hydrogen-bond acceptors (Lipinski definition) is 3. The Balaban J connectivity index is 2.62. The van der Waals surface area contributed by atoms with Gasteiger partial charge in [0, 0.05) is 26.2 Å². The van der Waals surface area contributed by atoms with Crippen LogP contribution >= 0.6 is 0 Å². The Morgan fingerprint density at radius 1 is 1.39 bits per heavy atom. The number of rotatable bonds is 2. The minimum absolute atomic E-state index is 0.292. The highest BCUT2D eigenvalue weighted by Gasteiger charge is 2.39. The van der Waals surface area contributed by atoms with E-state index in [4.69, 9.17) is 4.74 Å². The van der Waals surface area contributed by atoms with Gasteiger partial charge in [-0.2, -0.15) is 0 Å². The minimum Gasteiger partial charge on any atom is -0.444 e. The Morgan fingerprint density at radius 3 is 2.33 bits per heavy atom. The van der Waals surface area contributed by atoms with Crippen molar-refractivity contribution in [1.29, 1.82) is 0 Å². The van der Waals surface area contributed by atoms with E-state index in [0.29, 0.717) is 19.1 Å². The third-order valence-electron chi connectivity index (χ3n) is 3.16. The summed E-state index contributed by atoms with van der Waals surface area (Å²) in [4.78, 5) is 15.3. The van der Waals surface area contributed by atoms with Crippen LogP contribution in [-0.2, 0) is 4.74 Å². The molecule has 2 unspecified atom stereocenters. The van der Waals surface area contributed by atoms with E-state index < -0.39 is 23.9 Å². The van der Waals surface area contributed by atoms with Gasteiger partial charge in [0.05, 0.1) is 6.04 Å². The van der Waals surface area contributed by atoms with E-state index in [-0.39, 0.29) is 0 Å². The Bertz CT molecular complexity index is 302. The molecule has 4 nitrogen and oxygen atoms in total. The second kappa shape index (κ2) is 5.43. The van der Waals surface area contributed by atoms with Crippen molar-refractivity contribution in [3.63, 3.8) is 0 Å². The van der Waals surface area contributed by atoms with Crippen molar-refractivity contribution < 1.29 is 13.9 Å². The van der Waals surface area contributed by atoms with Crippen molar-refractivity contribution in [2.75, 3.05) is 20.1 Å². The first kappa shape index (κ1) is 15.2. The van der Waals surface area contributed by atoms with Crippen LogP contribution in [0.1, 0.15) is 34.6 Å². The van der Waals surface area contributed by atoms with Crippen LogP contribution in [0.5, 0.6) is 0 Å². The van der Waals surface area contributed by atoms with Gasteiger partial charge in [0.15, 0.2) is 0 Å². The zero-order valence-electron chi connectivity index (χ0n) is 12.2. The van der Waals surface area contributed by atoms with Gasteiger partial charge in [-0.15, -0.1) is 0 Å². The maximum atomic E-state index is 14.0. The van der Waals surface area contributed by atoms with Crippen molar-refractivity contribution in [3.05, 3.63) is 0 Å². The van der Waals surface area contributed by atoms with Crippen LogP contribution in [0, 0.1) is 0 Å². The van der Waals surface area contributed by atoms with Crippen LogP contribution in [-0.4, -0.2) is 59.9 Å². The second-order valence-corrected chi connectivity index (χ2v) is 6.22. The van der Waals surface area contributed by atoms with Gasteiger partial charge in [-0.3, -0.25) is 4.90 Å². The summed E-state index contributed by atoms with van der Waals surface area (Å²) >= 11 is 0. The average molecular weight is 260 g/mol. The van der Waals surface area contributed by atoms with Crippen molar-refractivity contribution >= 4 is 6.09 Å². The Labute approximate surface area is 109 Å². The maximum absolute atomic E-state index is 14.0. The number of carbonyl (C=O) groups excluding carboxylic acids is 1. The highest BCUT2D eigenvalue weighted by molar-refractivity contribution is 5.68. The molecule has 0 bridgehead atoms. The van der Waals surface area contributed by atoms with E-state index in [1.807, 2.05) is 18.7 Å². The molecule has 18 heavy (non-hydrogen) atoms. The van der Waals surface area contributed by atoms with E-state index in [0.717, 1.165) is 0 Å². The number of carbonyl (C=O) groups is 1. The number of halogens is 1. The summed E-state index contributed by atoms with van der Waals surface area (Å²) in [5.74, 6) is 0. The second-order valence-electron chi connectivity index (χ2n) is 6.22. The molecule has 0 aromatic carbocycles. The molecule has 1 heterocycles. The number of likely N-dealkylation sites (N-methyl/N-ethyl adjacent to an activating group) is 1. The van der Waals surface area contributed by atoms with Gasteiger partial charge in [0.25, 0.3) is 0 Å². The monoisotopic (exact) mass is 260 g/mol. The van der Waals surface area contributed by atoms with Crippen LogP contribution in [0.25, 0.3) is 0 Å². The molecule has 1 aliphatic rings. The molecular formula is C13H25FN2O2. The average Bonchev–Trinajstić information content (AvgIpc) is 2.56. The van der Waals surface area contributed by atoms with E-state index in [2.05, 4.69) is 0 Å². The number of amides is 1. The summed E-state index contributed by atoms with van der Waals surface area (Å²) in [7, 11) is 1.61. The number of likely N-dealkylation sites (tertiary alicyclic amines) is 1. The van der Waals surface area contributed by atoms with Gasteiger partial charge in [0.2, 0.25) is 0 Å². The largest absolute Gasteiger partial charge is 0.444 e. The molecule has 0 aliphatic carbocycles. The summed E-state index contributed by atoms with van der Waals surface area (Å²) in [6, 6.07) is -0.123. The van der Waals surface area contributed by atoms with E-state index in [1.54, 1.807) is 27.8 Å². The van der Waals surface area contributed by atoms with Crippen molar-refractivity contribution in [2.24, 2.45) is 0 Å². The minimum atomic E-state index is -1.01. The molecule has 1 saturated heterocycles. The fraction of sp³-hybridized carbons (Fsp3) is 0.923. The lowest BCUT2D eigenvalue weighted by Crippen LogP contribution is -2.45. The topological polar surface area (TPSA) is 32.8 Å². The Hall–Kier alpha value is -0.840.